The van der Waals surface area contributed by atoms with Crippen molar-refractivity contribution in [1.29, 1.82) is 0 Å². The fourth-order valence-corrected chi connectivity index (χ4v) is 8.33. The highest BCUT2D eigenvalue weighted by Crippen LogP contribution is 2.48. The van der Waals surface area contributed by atoms with Crippen LogP contribution in [0, 0.1) is 26.2 Å². The van der Waals surface area contributed by atoms with Gasteiger partial charge < -0.3 is 14.4 Å². The molecule has 0 radical (unpaired) electrons. The lowest BCUT2D eigenvalue weighted by Crippen LogP contribution is -2.37. The Bertz CT molecular complexity index is 1520. The Labute approximate surface area is 259 Å². The molecular formula is C34H45N5O3S. The number of thiophene rings is 1. The third kappa shape index (κ3) is 5.78. The second-order valence-electron chi connectivity index (χ2n) is 13.7. The normalized spacial score (nSPS) is 23.6. The van der Waals surface area contributed by atoms with Crippen LogP contribution < -0.4 is 0 Å². The number of likely N-dealkylation sites (tertiary alicyclic amines) is 1. The average Bonchev–Trinajstić information content (AvgIpc) is 3.62. The van der Waals surface area contributed by atoms with Crippen molar-refractivity contribution in [2.75, 3.05) is 26.8 Å². The van der Waals surface area contributed by atoms with Crippen molar-refractivity contribution in [3.8, 4) is 5.00 Å². The van der Waals surface area contributed by atoms with Crippen LogP contribution in [-0.2, 0) is 9.47 Å². The summed E-state index contributed by atoms with van der Waals surface area (Å²) in [5.74, 6) is 2.32. The van der Waals surface area contributed by atoms with Crippen LogP contribution in [0.1, 0.15) is 110 Å². The first-order valence-electron chi connectivity index (χ1n) is 15.7. The maximum atomic E-state index is 12.7. The van der Waals surface area contributed by atoms with E-state index in [4.69, 9.17) is 14.5 Å². The predicted molar refractivity (Wildman–Crippen MR) is 171 cm³/mol. The molecule has 1 amide bonds. The van der Waals surface area contributed by atoms with Crippen LogP contribution in [0.5, 0.6) is 0 Å². The number of fused-ring (bicyclic) bond motifs is 3. The van der Waals surface area contributed by atoms with Gasteiger partial charge in [-0.25, -0.2) is 4.79 Å². The maximum absolute atomic E-state index is 12.7. The van der Waals surface area contributed by atoms with E-state index in [-0.39, 0.29) is 17.6 Å². The molecule has 4 heterocycles. The van der Waals surface area contributed by atoms with E-state index in [9.17, 15) is 4.79 Å². The van der Waals surface area contributed by atoms with E-state index >= 15 is 0 Å². The molecule has 9 heteroatoms. The van der Waals surface area contributed by atoms with Crippen LogP contribution >= 0.6 is 11.3 Å². The summed E-state index contributed by atoms with van der Waals surface area (Å²) in [6, 6.07) is 9.03. The summed E-state index contributed by atoms with van der Waals surface area (Å²) in [4.78, 5) is 21.3. The summed E-state index contributed by atoms with van der Waals surface area (Å²) in [7, 11) is 1.73. The second kappa shape index (κ2) is 11.5. The summed E-state index contributed by atoms with van der Waals surface area (Å²) >= 11 is 1.79. The SMILES string of the molecule is COCCC1N=C(c2ccc(C3CCC4(CC3)CCN(C(=O)OC(C)(C)C)C4)cc2)c2c(sc(C)c2C)-n2c(C)nnc21. The number of hydrogen-bond donors (Lipinski definition) is 0. The second-order valence-corrected chi connectivity index (χ2v) is 14.9. The number of rotatable bonds is 5. The molecule has 6 rings (SSSR count). The molecule has 1 aliphatic carbocycles. The van der Waals surface area contributed by atoms with E-state index < -0.39 is 5.60 Å². The highest BCUT2D eigenvalue weighted by Gasteiger charge is 2.43. The van der Waals surface area contributed by atoms with Gasteiger partial charge in [-0.15, -0.1) is 21.5 Å². The molecule has 1 saturated carbocycles. The number of carbonyl (C=O) groups excluding carboxylic acids is 1. The Kier molecular flexibility index (Phi) is 8.00. The van der Waals surface area contributed by atoms with E-state index in [1.54, 1.807) is 18.4 Å². The average molecular weight is 604 g/mol. The minimum Gasteiger partial charge on any atom is -0.444 e. The monoisotopic (exact) mass is 603 g/mol. The highest BCUT2D eigenvalue weighted by atomic mass is 32.1. The smallest absolute Gasteiger partial charge is 0.410 e. The molecule has 43 heavy (non-hydrogen) atoms. The Morgan fingerprint density at radius 1 is 1.07 bits per heavy atom. The minimum absolute atomic E-state index is 0.128. The predicted octanol–water partition coefficient (Wildman–Crippen LogP) is 7.47. The first kappa shape index (κ1) is 30.0. The van der Waals surface area contributed by atoms with Gasteiger partial charge in [0, 0.05) is 49.2 Å². The van der Waals surface area contributed by atoms with Gasteiger partial charge in [0.05, 0.1) is 5.71 Å². The molecule has 0 bridgehead atoms. The van der Waals surface area contributed by atoms with Crippen LogP contribution in [0.15, 0.2) is 29.3 Å². The Morgan fingerprint density at radius 3 is 2.47 bits per heavy atom. The first-order valence-corrected chi connectivity index (χ1v) is 16.5. The molecular weight excluding hydrogens is 558 g/mol. The number of carbonyl (C=O) groups is 1. The zero-order chi connectivity index (χ0) is 30.5. The summed E-state index contributed by atoms with van der Waals surface area (Å²) in [6.07, 6.45) is 6.28. The fourth-order valence-electron chi connectivity index (χ4n) is 7.11. The van der Waals surface area contributed by atoms with E-state index in [1.807, 2.05) is 32.6 Å². The van der Waals surface area contributed by atoms with E-state index in [2.05, 4.69) is 52.9 Å². The Balaban J connectivity index is 1.21. The number of benzene rings is 1. The van der Waals surface area contributed by atoms with Crippen LogP contribution in [0.2, 0.25) is 0 Å². The largest absolute Gasteiger partial charge is 0.444 e. The Hall–Kier alpha value is -3.04. The van der Waals surface area contributed by atoms with Crippen molar-refractivity contribution in [1.82, 2.24) is 19.7 Å². The third-order valence-electron chi connectivity index (χ3n) is 9.63. The van der Waals surface area contributed by atoms with Crippen LogP contribution in [0.3, 0.4) is 0 Å². The third-order valence-corrected chi connectivity index (χ3v) is 10.8. The van der Waals surface area contributed by atoms with Gasteiger partial charge >= 0.3 is 6.09 Å². The van der Waals surface area contributed by atoms with Crippen LogP contribution in [0.25, 0.3) is 5.00 Å². The lowest BCUT2D eigenvalue weighted by atomic mass is 9.68. The molecule has 2 aliphatic heterocycles. The molecule has 8 nitrogen and oxygen atoms in total. The maximum Gasteiger partial charge on any atom is 0.410 e. The first-order chi connectivity index (χ1) is 20.5. The minimum atomic E-state index is -0.454. The zero-order valence-electron chi connectivity index (χ0n) is 26.7. The Morgan fingerprint density at radius 2 is 1.79 bits per heavy atom. The molecule has 230 valence electrons. The molecule has 1 aromatic carbocycles. The number of methoxy groups -OCH3 is 1. The number of aryl methyl sites for hydroxylation is 2. The van der Waals surface area contributed by atoms with Gasteiger partial charge in [0.25, 0.3) is 0 Å². The lowest BCUT2D eigenvalue weighted by molar-refractivity contribution is 0.0260. The number of aromatic nitrogens is 3. The van der Waals surface area contributed by atoms with Gasteiger partial charge in [-0.2, -0.15) is 0 Å². The molecule has 1 saturated heterocycles. The summed E-state index contributed by atoms with van der Waals surface area (Å²) in [5, 5.41) is 10.2. The summed E-state index contributed by atoms with van der Waals surface area (Å²) < 4.78 is 13.3. The van der Waals surface area contributed by atoms with Crippen molar-refractivity contribution in [3.05, 3.63) is 63.0 Å². The number of aliphatic imine (C=N–C) groups is 1. The van der Waals surface area contributed by atoms with Crippen LogP contribution in [0.4, 0.5) is 4.79 Å². The molecule has 2 aromatic heterocycles. The van der Waals surface area contributed by atoms with Crippen molar-refractivity contribution in [2.24, 2.45) is 10.4 Å². The van der Waals surface area contributed by atoms with Crippen molar-refractivity contribution in [2.45, 2.75) is 97.6 Å². The fraction of sp³-hybridized carbons (Fsp3) is 0.588. The number of amides is 1. The molecule has 3 aliphatic rings. The molecule has 3 aromatic rings. The van der Waals surface area contributed by atoms with Crippen molar-refractivity contribution >= 4 is 23.1 Å². The van der Waals surface area contributed by atoms with E-state index in [0.29, 0.717) is 12.5 Å². The van der Waals surface area contributed by atoms with Gasteiger partial charge in [-0.05, 0) is 96.1 Å². The standard InChI is InChI=1S/C34H45N5O3S/c1-21-22(2)43-31-28(21)29(35-27(14-19-41-7)30-37-36-23(3)39(30)31)26-10-8-24(9-11-26)25-12-15-34(16-13-25)17-18-38(20-34)32(40)42-33(4,5)6/h8-11,25,27H,12-20H2,1-7H3. The van der Waals surface area contributed by atoms with Crippen LogP contribution in [-0.4, -0.2) is 63.9 Å². The molecule has 0 N–H and O–H groups in total. The van der Waals surface area contributed by atoms with Gasteiger partial charge in [-0.3, -0.25) is 9.56 Å². The van der Waals surface area contributed by atoms with Gasteiger partial charge in [0.2, 0.25) is 0 Å². The summed E-state index contributed by atoms with van der Waals surface area (Å²) in [5.41, 5.74) is 5.81. The number of ether oxygens (including phenoxy) is 2. The molecule has 1 atom stereocenters. The lowest BCUT2D eigenvalue weighted by Gasteiger charge is -2.37. The highest BCUT2D eigenvalue weighted by molar-refractivity contribution is 7.15. The van der Waals surface area contributed by atoms with Crippen molar-refractivity contribution < 1.29 is 14.3 Å². The topological polar surface area (TPSA) is 81.8 Å². The van der Waals surface area contributed by atoms with Gasteiger partial charge in [0.15, 0.2) is 5.82 Å². The van der Waals surface area contributed by atoms with Crippen molar-refractivity contribution in [3.63, 3.8) is 0 Å². The number of nitrogens with zero attached hydrogens (tertiary/aromatic N) is 5. The number of hydrogen-bond acceptors (Lipinski definition) is 7. The molecule has 2 fully saturated rings. The van der Waals surface area contributed by atoms with E-state index in [0.717, 1.165) is 79.5 Å². The van der Waals surface area contributed by atoms with Gasteiger partial charge in [0.1, 0.15) is 22.5 Å². The molecule has 1 unspecified atom stereocenters. The zero-order valence-corrected chi connectivity index (χ0v) is 27.5. The van der Waals surface area contributed by atoms with Gasteiger partial charge in [-0.1, -0.05) is 24.3 Å². The molecule has 1 spiro atoms. The summed E-state index contributed by atoms with van der Waals surface area (Å²) in [6.45, 7) is 14.5. The van der Waals surface area contributed by atoms with E-state index in [1.165, 1.54) is 21.6 Å². The quantitative estimate of drug-likeness (QED) is 0.302.